The zero-order chi connectivity index (χ0) is 24.7. The van der Waals surface area contributed by atoms with E-state index in [4.69, 9.17) is 4.42 Å². The molecule has 2 aromatic carbocycles. The molecule has 2 aromatic heterocycles. The number of aromatic amines is 1. The Morgan fingerprint density at radius 3 is 2.69 bits per heavy atom. The minimum atomic E-state index is -3.62. The quantitative estimate of drug-likeness (QED) is 0.428. The van der Waals surface area contributed by atoms with Gasteiger partial charge < -0.3 is 9.32 Å². The molecule has 188 valence electrons. The fourth-order valence-corrected chi connectivity index (χ4v) is 7.48. The number of oxazole rings is 1. The molecule has 0 bridgehead atoms. The second-order valence-electron chi connectivity index (χ2n) is 9.55. The fraction of sp³-hybridized carbons (Fsp3) is 0.385. The normalized spacial score (nSPS) is 20.0. The molecule has 0 unspecified atom stereocenters. The van der Waals surface area contributed by atoms with Crippen LogP contribution >= 0.6 is 0 Å². The van der Waals surface area contributed by atoms with Gasteiger partial charge in [-0.15, -0.1) is 0 Å². The lowest BCUT2D eigenvalue weighted by atomic mass is 10.1. The molecule has 0 spiro atoms. The molecule has 2 saturated heterocycles. The molecule has 1 atom stereocenters. The van der Waals surface area contributed by atoms with Gasteiger partial charge in [0.25, 0.3) is 0 Å². The number of para-hydroxylation sites is 1. The maximum atomic E-state index is 13.7. The number of H-pyrrole nitrogens is 1. The molecule has 4 heterocycles. The zero-order valence-electron chi connectivity index (χ0n) is 20.0. The molecule has 0 amide bonds. The predicted molar refractivity (Wildman–Crippen MR) is 139 cm³/mol. The number of sulfonamides is 1. The van der Waals surface area contributed by atoms with Crippen LogP contribution in [0.4, 0.5) is 5.69 Å². The van der Waals surface area contributed by atoms with Crippen molar-refractivity contribution in [1.29, 1.82) is 0 Å². The molecule has 6 rings (SSSR count). The van der Waals surface area contributed by atoms with E-state index >= 15 is 0 Å². The Kier molecular flexibility index (Phi) is 6.02. The van der Waals surface area contributed by atoms with E-state index in [2.05, 4.69) is 19.8 Å². The molecule has 9 nitrogen and oxygen atoms in total. The number of hydrogen-bond acceptors (Lipinski definition) is 7. The minimum Gasteiger partial charge on any atom is -0.408 e. The van der Waals surface area contributed by atoms with Crippen LogP contribution in [0.25, 0.3) is 21.9 Å². The molecule has 2 fully saturated rings. The molecule has 10 heteroatoms. The summed E-state index contributed by atoms with van der Waals surface area (Å²) in [6.07, 6.45) is 5.76. The SMILES string of the molecule is O=c1[nH]c2c(N3CCN(CC[C@H]4CCCN4S(=O)(=O)c4cncc5ccccc45)CC3)cccc2o1. The van der Waals surface area contributed by atoms with Gasteiger partial charge in [0.1, 0.15) is 10.4 Å². The molecule has 1 N–H and O–H groups in total. The van der Waals surface area contributed by atoms with Gasteiger partial charge in [-0.1, -0.05) is 30.3 Å². The number of aromatic nitrogens is 2. The third kappa shape index (κ3) is 4.19. The van der Waals surface area contributed by atoms with Crippen LogP contribution < -0.4 is 10.7 Å². The summed E-state index contributed by atoms with van der Waals surface area (Å²) in [4.78, 5) is 23.6. The second-order valence-corrected chi connectivity index (χ2v) is 11.4. The highest BCUT2D eigenvalue weighted by atomic mass is 32.2. The third-order valence-corrected chi connectivity index (χ3v) is 9.45. The number of piperazine rings is 1. The Bertz CT molecular complexity index is 1550. The Morgan fingerprint density at radius 1 is 1.00 bits per heavy atom. The van der Waals surface area contributed by atoms with Crippen molar-refractivity contribution in [3.05, 3.63) is 65.4 Å². The van der Waals surface area contributed by atoms with Crippen LogP contribution in [0.5, 0.6) is 0 Å². The topological polar surface area (TPSA) is 103 Å². The Morgan fingerprint density at radius 2 is 1.83 bits per heavy atom. The molecular formula is C26H29N5O4S. The van der Waals surface area contributed by atoms with Gasteiger partial charge in [0, 0.05) is 61.9 Å². The summed E-state index contributed by atoms with van der Waals surface area (Å²) in [6.45, 7) is 4.83. The van der Waals surface area contributed by atoms with E-state index in [9.17, 15) is 13.2 Å². The zero-order valence-corrected chi connectivity index (χ0v) is 20.8. The number of nitrogens with one attached hydrogen (secondary N) is 1. The van der Waals surface area contributed by atoms with Gasteiger partial charge in [-0.25, -0.2) is 13.2 Å². The first-order valence-electron chi connectivity index (χ1n) is 12.4. The number of hydrogen-bond donors (Lipinski definition) is 1. The number of pyridine rings is 1. The molecule has 2 aliphatic rings. The fourth-order valence-electron chi connectivity index (χ4n) is 5.60. The van der Waals surface area contributed by atoms with E-state index in [1.54, 1.807) is 16.6 Å². The van der Waals surface area contributed by atoms with Gasteiger partial charge in [-0.3, -0.25) is 14.9 Å². The van der Waals surface area contributed by atoms with E-state index in [0.29, 0.717) is 17.0 Å². The molecule has 2 aliphatic heterocycles. The van der Waals surface area contributed by atoms with E-state index < -0.39 is 15.8 Å². The third-order valence-electron chi connectivity index (χ3n) is 7.47. The smallest absolute Gasteiger partial charge is 0.408 e. The second kappa shape index (κ2) is 9.34. The van der Waals surface area contributed by atoms with E-state index in [0.717, 1.165) is 74.0 Å². The van der Waals surface area contributed by atoms with E-state index in [1.165, 1.54) is 6.20 Å². The minimum absolute atomic E-state index is 0.00301. The van der Waals surface area contributed by atoms with Crippen molar-refractivity contribution in [2.24, 2.45) is 0 Å². The van der Waals surface area contributed by atoms with Crippen molar-refractivity contribution in [2.75, 3.05) is 44.2 Å². The van der Waals surface area contributed by atoms with Crippen molar-refractivity contribution >= 4 is 37.6 Å². The average molecular weight is 508 g/mol. The van der Waals surface area contributed by atoms with Crippen LogP contribution in [0.1, 0.15) is 19.3 Å². The highest BCUT2D eigenvalue weighted by Crippen LogP contribution is 2.31. The number of anilines is 1. The summed E-state index contributed by atoms with van der Waals surface area (Å²) in [7, 11) is -3.62. The van der Waals surface area contributed by atoms with E-state index in [1.807, 2.05) is 36.4 Å². The number of fused-ring (bicyclic) bond motifs is 2. The van der Waals surface area contributed by atoms with Crippen molar-refractivity contribution in [3.63, 3.8) is 0 Å². The first-order chi connectivity index (χ1) is 17.5. The van der Waals surface area contributed by atoms with Crippen LogP contribution in [-0.4, -0.2) is 72.9 Å². The Hall–Kier alpha value is -3.21. The summed E-state index contributed by atoms with van der Waals surface area (Å²) in [5.74, 6) is -0.438. The monoisotopic (exact) mass is 507 g/mol. The molecule has 36 heavy (non-hydrogen) atoms. The van der Waals surface area contributed by atoms with Gasteiger partial charge in [0.05, 0.1) is 5.69 Å². The highest BCUT2D eigenvalue weighted by Gasteiger charge is 2.36. The maximum absolute atomic E-state index is 13.7. The Balaban J connectivity index is 1.11. The molecule has 4 aromatic rings. The number of rotatable bonds is 6. The van der Waals surface area contributed by atoms with Gasteiger partial charge in [0.2, 0.25) is 10.0 Å². The summed E-state index contributed by atoms with van der Waals surface area (Å²) in [6, 6.07) is 13.2. The standard InChI is InChI=1S/C26H29N5O4S/c32-26-28-25-22(8-3-9-23(25)35-26)30-15-13-29(14-16-30)12-10-20-6-4-11-31(20)36(33,34)24-18-27-17-19-5-1-2-7-21(19)24/h1-3,5,7-9,17-18,20H,4,6,10-16H2,(H,28,32)/t20-/m1/s1. The van der Waals surface area contributed by atoms with Crippen LogP contribution in [0, 0.1) is 0 Å². The number of benzene rings is 2. The van der Waals surface area contributed by atoms with Crippen LogP contribution in [0.15, 0.2) is 69.0 Å². The number of nitrogens with zero attached hydrogens (tertiary/aromatic N) is 4. The predicted octanol–water partition coefficient (Wildman–Crippen LogP) is 3.03. The van der Waals surface area contributed by atoms with Gasteiger partial charge in [-0.2, -0.15) is 4.31 Å². The molecule has 0 saturated carbocycles. The first-order valence-corrected chi connectivity index (χ1v) is 13.9. The van der Waals surface area contributed by atoms with Crippen LogP contribution in [0.3, 0.4) is 0 Å². The van der Waals surface area contributed by atoms with Crippen molar-refractivity contribution in [2.45, 2.75) is 30.2 Å². The lowest BCUT2D eigenvalue weighted by molar-refractivity contribution is 0.232. The lowest BCUT2D eigenvalue weighted by Crippen LogP contribution is -2.47. The van der Waals surface area contributed by atoms with Crippen molar-refractivity contribution < 1.29 is 12.8 Å². The largest absolute Gasteiger partial charge is 0.417 e. The van der Waals surface area contributed by atoms with Gasteiger partial charge in [0.15, 0.2) is 5.58 Å². The average Bonchev–Trinajstić information content (AvgIpc) is 3.53. The van der Waals surface area contributed by atoms with Crippen molar-refractivity contribution in [1.82, 2.24) is 19.2 Å². The van der Waals surface area contributed by atoms with Crippen molar-refractivity contribution in [3.8, 4) is 0 Å². The summed E-state index contributed by atoms with van der Waals surface area (Å²) in [5.41, 5.74) is 2.30. The van der Waals surface area contributed by atoms with Gasteiger partial charge in [-0.05, 0) is 37.9 Å². The summed E-state index contributed by atoms with van der Waals surface area (Å²) >= 11 is 0. The van der Waals surface area contributed by atoms with Crippen LogP contribution in [0.2, 0.25) is 0 Å². The van der Waals surface area contributed by atoms with E-state index in [-0.39, 0.29) is 6.04 Å². The maximum Gasteiger partial charge on any atom is 0.417 e. The summed E-state index contributed by atoms with van der Waals surface area (Å²) in [5, 5.41) is 1.56. The lowest BCUT2D eigenvalue weighted by Gasteiger charge is -2.37. The molecule has 0 radical (unpaired) electrons. The first kappa shape index (κ1) is 23.2. The Labute approximate surface area is 209 Å². The molecular weight excluding hydrogens is 478 g/mol. The molecule has 0 aliphatic carbocycles. The van der Waals surface area contributed by atoms with Gasteiger partial charge >= 0.3 is 5.76 Å². The highest BCUT2D eigenvalue weighted by molar-refractivity contribution is 7.89. The van der Waals surface area contributed by atoms with Crippen LogP contribution in [-0.2, 0) is 10.0 Å². The summed E-state index contributed by atoms with van der Waals surface area (Å²) < 4.78 is 34.2.